The third kappa shape index (κ3) is 3.76. The van der Waals surface area contributed by atoms with Crippen molar-refractivity contribution in [3.8, 4) is 0 Å². The Morgan fingerprint density at radius 3 is 1.21 bits per heavy atom. The molecule has 0 atom stereocenters. The minimum absolute atomic E-state index is 0. The van der Waals surface area contributed by atoms with Crippen LogP contribution in [0.5, 0.6) is 0 Å². The molecule has 0 aliphatic rings. The van der Waals surface area contributed by atoms with E-state index in [-0.39, 0.29) is 35.3 Å². The van der Waals surface area contributed by atoms with Gasteiger partial charge in [-0.3, -0.25) is 4.79 Å². The molecule has 0 heterocycles. The Bertz CT molecular complexity index is 680. The van der Waals surface area contributed by atoms with Gasteiger partial charge in [-0.25, -0.2) is 0 Å². The molecule has 0 saturated carbocycles. The van der Waals surface area contributed by atoms with Crippen LogP contribution in [0.1, 0.15) is 0 Å². The van der Waals surface area contributed by atoms with Gasteiger partial charge in [-0.2, -0.15) is 0 Å². The molecule has 3 aromatic carbocycles. The molecule has 0 bridgehead atoms. The van der Waals surface area contributed by atoms with E-state index < -0.39 is 16.0 Å². The monoisotopic (exact) mass is 346 g/mol. The van der Waals surface area contributed by atoms with Crippen LogP contribution in [-0.2, 0) is 4.79 Å². The molecule has 0 unspecified atom stereocenters. The molecule has 3 rings (SSSR count). The molecule has 118 valence electrons. The summed E-state index contributed by atoms with van der Waals surface area (Å²) in [7, 11) is -1.83. The Labute approximate surface area is 166 Å². The van der Waals surface area contributed by atoms with Gasteiger partial charge in [0.25, 0.3) is 0 Å². The zero-order valence-corrected chi connectivity index (χ0v) is 13.4. The quantitative estimate of drug-likeness (QED) is 0.695. The van der Waals surface area contributed by atoms with Crippen LogP contribution in [0.4, 0.5) is 0 Å². The molecule has 3 aromatic rings. The number of hydrogen-bond acceptors (Lipinski definition) is 1. The Morgan fingerprint density at radius 2 is 0.958 bits per heavy atom. The fraction of sp³-hybridized carbons (Fsp3) is 0.0500. The number of carbonyl (C=O) groups is 1. The maximum atomic E-state index is 11.8. The van der Waals surface area contributed by atoms with E-state index in [0.29, 0.717) is 0 Å². The van der Waals surface area contributed by atoms with Crippen molar-refractivity contribution in [2.24, 2.45) is 0 Å². The van der Waals surface area contributed by atoms with Crippen LogP contribution in [0.3, 0.4) is 0 Å². The summed E-state index contributed by atoms with van der Waals surface area (Å²) in [6, 6.07) is 30.0. The van der Waals surface area contributed by atoms with Gasteiger partial charge in [-0.15, -0.1) is 10.0 Å². The number of rotatable bonds is 5. The first-order chi connectivity index (χ1) is 11.2. The second-order valence-corrected chi connectivity index (χ2v) is 8.40. The summed E-state index contributed by atoms with van der Waals surface area (Å²) in [5.74, 6) is -0.693. The summed E-state index contributed by atoms with van der Waals surface area (Å²) < 4.78 is 0. The van der Waals surface area contributed by atoms with E-state index in [4.69, 9.17) is 0 Å². The molecule has 0 spiro atoms. The first kappa shape index (κ1) is 18.8. The Kier molecular flexibility index (Phi) is 6.69. The van der Waals surface area contributed by atoms with Gasteiger partial charge >= 0.3 is 35.5 Å². The number of carboxylic acid groups (broad SMARTS) is 1. The third-order valence-electron chi connectivity index (χ3n) is 3.78. The maximum absolute atomic E-state index is 11.8. The van der Waals surface area contributed by atoms with Crippen molar-refractivity contribution in [2.45, 2.75) is 14.7 Å². The van der Waals surface area contributed by atoms with Crippen LogP contribution in [0.2, 0.25) is 0 Å². The van der Waals surface area contributed by atoms with Crippen LogP contribution >= 0.6 is 10.0 Å². The average molecular weight is 346 g/mol. The number of aliphatic carboxylic acids is 1. The number of hydrogen-bond donors (Lipinski definition) is 1. The predicted octanol–water partition coefficient (Wildman–Crippen LogP) is 4.40. The molecule has 1 N–H and O–H groups in total. The molecule has 0 aromatic heterocycles. The SMILES string of the molecule is O=C(O)CS(c1ccccc1)(c1ccccc1)c1ccccc1.[NaH]. The standard InChI is InChI=1S/C20H18O2S.Na.H/c21-20(22)16-23(17-10-4-1-5-11-17,18-12-6-2-7-13-18)19-14-8-3-9-15-19;;/h1-15H,16H2,(H,21,22);;. The minimum atomic E-state index is -1.83. The summed E-state index contributed by atoms with van der Waals surface area (Å²) in [5.41, 5.74) is 0. The van der Waals surface area contributed by atoms with Gasteiger partial charge in [0.1, 0.15) is 0 Å². The molecule has 0 aliphatic heterocycles. The van der Waals surface area contributed by atoms with Gasteiger partial charge in [-0.05, 0) is 51.1 Å². The van der Waals surface area contributed by atoms with E-state index in [2.05, 4.69) is 0 Å². The Hall–Kier alpha value is -1.52. The summed E-state index contributed by atoms with van der Waals surface area (Å²) in [6.45, 7) is 0. The number of carboxylic acids is 1. The van der Waals surface area contributed by atoms with Gasteiger partial charge in [0.05, 0.1) is 5.75 Å². The summed E-state index contributed by atoms with van der Waals surface area (Å²) in [5, 5.41) is 9.65. The van der Waals surface area contributed by atoms with E-state index in [1.165, 1.54) is 0 Å². The van der Waals surface area contributed by atoms with Crippen molar-refractivity contribution in [2.75, 3.05) is 5.75 Å². The van der Waals surface area contributed by atoms with Gasteiger partial charge < -0.3 is 5.11 Å². The molecule has 2 nitrogen and oxygen atoms in total. The molecule has 0 fully saturated rings. The molecule has 0 radical (unpaired) electrons. The second-order valence-electron chi connectivity index (χ2n) is 5.22. The topological polar surface area (TPSA) is 37.3 Å². The van der Waals surface area contributed by atoms with Gasteiger partial charge in [0.2, 0.25) is 0 Å². The van der Waals surface area contributed by atoms with E-state index in [9.17, 15) is 9.90 Å². The molecule has 0 saturated heterocycles. The van der Waals surface area contributed by atoms with E-state index in [1.807, 2.05) is 91.0 Å². The Balaban J connectivity index is 0.00000208. The zero-order chi connectivity index (χ0) is 16.1. The molecule has 24 heavy (non-hydrogen) atoms. The van der Waals surface area contributed by atoms with Crippen molar-refractivity contribution in [1.29, 1.82) is 0 Å². The zero-order valence-electron chi connectivity index (χ0n) is 12.6. The first-order valence-electron chi connectivity index (χ1n) is 7.41. The van der Waals surface area contributed by atoms with E-state index in [1.54, 1.807) is 0 Å². The first-order valence-corrected chi connectivity index (χ1v) is 9.22. The van der Waals surface area contributed by atoms with Crippen LogP contribution in [0.25, 0.3) is 0 Å². The van der Waals surface area contributed by atoms with Gasteiger partial charge in [-0.1, -0.05) is 54.6 Å². The predicted molar refractivity (Wildman–Crippen MR) is 101 cm³/mol. The van der Waals surface area contributed by atoms with E-state index >= 15 is 0 Å². The van der Waals surface area contributed by atoms with Crippen LogP contribution in [0.15, 0.2) is 106 Å². The van der Waals surface area contributed by atoms with Gasteiger partial charge in [0.15, 0.2) is 0 Å². The summed E-state index contributed by atoms with van der Waals surface area (Å²) in [6.07, 6.45) is 0. The van der Waals surface area contributed by atoms with Crippen molar-refractivity contribution in [3.63, 3.8) is 0 Å². The third-order valence-corrected chi connectivity index (χ3v) is 7.69. The van der Waals surface area contributed by atoms with E-state index in [0.717, 1.165) is 14.7 Å². The van der Waals surface area contributed by atoms with Crippen molar-refractivity contribution in [1.82, 2.24) is 0 Å². The van der Waals surface area contributed by atoms with Crippen LogP contribution in [-0.4, -0.2) is 46.4 Å². The molecular formula is C20H19NaO2S. The molecule has 4 heteroatoms. The summed E-state index contributed by atoms with van der Waals surface area (Å²) >= 11 is 0. The fourth-order valence-corrected chi connectivity index (χ4v) is 6.35. The molecule has 0 aliphatic carbocycles. The summed E-state index contributed by atoms with van der Waals surface area (Å²) in [4.78, 5) is 15.0. The molecule has 0 amide bonds. The average Bonchev–Trinajstić information content (AvgIpc) is 2.62. The van der Waals surface area contributed by atoms with Crippen molar-refractivity contribution in [3.05, 3.63) is 91.0 Å². The Morgan fingerprint density at radius 1 is 0.667 bits per heavy atom. The van der Waals surface area contributed by atoms with Crippen LogP contribution in [0, 0.1) is 0 Å². The van der Waals surface area contributed by atoms with Gasteiger partial charge in [0, 0.05) is 0 Å². The van der Waals surface area contributed by atoms with Crippen LogP contribution < -0.4 is 0 Å². The fourth-order valence-electron chi connectivity index (χ4n) is 2.80. The number of benzene rings is 3. The normalized spacial score (nSPS) is 11.3. The van der Waals surface area contributed by atoms with Crippen molar-refractivity contribution < 1.29 is 9.90 Å². The second kappa shape index (κ2) is 8.54. The molecular weight excluding hydrogens is 327 g/mol. The van der Waals surface area contributed by atoms with Crippen molar-refractivity contribution >= 4 is 45.6 Å².